The van der Waals surface area contributed by atoms with E-state index in [-0.39, 0.29) is 23.7 Å². The van der Waals surface area contributed by atoms with Gasteiger partial charge in [-0.2, -0.15) is 0 Å². The molecule has 0 fully saturated rings. The number of tetrazole rings is 1. The molecule has 0 amide bonds. The predicted octanol–water partition coefficient (Wildman–Crippen LogP) is 1.81. The Morgan fingerprint density at radius 3 is 2.55 bits per heavy atom. The van der Waals surface area contributed by atoms with E-state index >= 15 is 0 Å². The van der Waals surface area contributed by atoms with Crippen molar-refractivity contribution in [3.05, 3.63) is 51.1 Å². The Morgan fingerprint density at radius 1 is 1.19 bits per heavy atom. The lowest BCUT2D eigenvalue weighted by Gasteiger charge is -2.29. The van der Waals surface area contributed by atoms with Crippen LogP contribution in [0.2, 0.25) is 0 Å². The van der Waals surface area contributed by atoms with E-state index in [0.717, 1.165) is 40.8 Å². The molecule has 31 heavy (non-hydrogen) atoms. The molecule has 0 aliphatic heterocycles. The molecule has 8 heteroatoms. The molecule has 0 aliphatic rings. The maximum atomic E-state index is 12.9. The van der Waals surface area contributed by atoms with Crippen molar-refractivity contribution >= 4 is 10.9 Å². The van der Waals surface area contributed by atoms with Crippen LogP contribution in [0.25, 0.3) is 10.9 Å². The summed E-state index contributed by atoms with van der Waals surface area (Å²) in [7, 11) is 0. The molecule has 3 aromatic rings. The number of aromatic nitrogens is 5. The van der Waals surface area contributed by atoms with Crippen LogP contribution in [0.3, 0.4) is 0 Å². The number of benzene rings is 1. The van der Waals surface area contributed by atoms with Crippen molar-refractivity contribution in [2.75, 3.05) is 13.2 Å². The van der Waals surface area contributed by atoms with Crippen LogP contribution in [0, 0.1) is 13.8 Å². The minimum Gasteiger partial charge on any atom is -0.396 e. The van der Waals surface area contributed by atoms with Gasteiger partial charge in [0.15, 0.2) is 0 Å². The molecule has 168 valence electrons. The van der Waals surface area contributed by atoms with Gasteiger partial charge in [0.1, 0.15) is 12.6 Å². The number of aryl methyl sites for hydroxylation is 2. The quantitative estimate of drug-likeness (QED) is 0.509. The van der Waals surface area contributed by atoms with Gasteiger partial charge in [-0.25, -0.2) is 4.68 Å². The largest absolute Gasteiger partial charge is 0.396 e. The van der Waals surface area contributed by atoms with Crippen molar-refractivity contribution in [1.82, 2.24) is 25.2 Å². The molecule has 8 nitrogen and oxygen atoms in total. The molecule has 0 saturated carbocycles. The number of pyridine rings is 1. The zero-order chi connectivity index (χ0) is 22.8. The lowest BCUT2D eigenvalue weighted by atomic mass is 10.0. The molecular weight excluding hydrogens is 392 g/mol. The first-order valence-corrected chi connectivity index (χ1v) is 11.0. The van der Waals surface area contributed by atoms with Crippen LogP contribution in [0.15, 0.2) is 23.0 Å². The Bertz CT molecular complexity index is 1100. The number of hydrogen-bond acceptors (Lipinski definition) is 5. The minimum atomic E-state index is -0.246. The van der Waals surface area contributed by atoms with Crippen molar-refractivity contribution in [2.45, 2.75) is 72.5 Å². The molecule has 1 unspecified atom stereocenters. The zero-order valence-electron chi connectivity index (χ0n) is 19.5. The molecular formula is C23H35N6O2+. The number of nitrogens with zero attached hydrogens (tertiary/aromatic N) is 4. The number of hydrogen-bond donors (Lipinski definition) is 3. The van der Waals surface area contributed by atoms with Gasteiger partial charge in [-0.05, 0) is 79.8 Å². The number of quaternary nitrogens is 1. The van der Waals surface area contributed by atoms with Gasteiger partial charge < -0.3 is 15.0 Å². The van der Waals surface area contributed by atoms with Gasteiger partial charge in [0.25, 0.3) is 5.56 Å². The van der Waals surface area contributed by atoms with Crippen LogP contribution in [0.5, 0.6) is 0 Å². The van der Waals surface area contributed by atoms with Crippen molar-refractivity contribution < 1.29 is 10.0 Å². The fraction of sp³-hybridized carbons (Fsp3) is 0.565. The van der Waals surface area contributed by atoms with Crippen molar-refractivity contribution in [2.24, 2.45) is 0 Å². The molecule has 2 heterocycles. The lowest BCUT2D eigenvalue weighted by Crippen LogP contribution is -3.11. The number of fused-ring (bicyclic) bond motifs is 1. The monoisotopic (exact) mass is 427 g/mol. The smallest absolute Gasteiger partial charge is 0.257 e. The van der Waals surface area contributed by atoms with E-state index in [2.05, 4.69) is 61.2 Å². The normalized spacial score (nSPS) is 14.2. The summed E-state index contributed by atoms with van der Waals surface area (Å²) in [5.74, 6) is 0.812. The lowest BCUT2D eigenvalue weighted by molar-refractivity contribution is -0.946. The molecule has 3 rings (SSSR count). The van der Waals surface area contributed by atoms with E-state index in [1.807, 2.05) is 23.7 Å². The van der Waals surface area contributed by atoms with Crippen LogP contribution >= 0.6 is 0 Å². The SMILES string of the molecule is CC[C@H](c1nnnn1C(C)(C)C)[NH+](CCCO)Cc1cc2cc(C)c(C)cc2[nH]c1=O. The van der Waals surface area contributed by atoms with Crippen LogP contribution in [0.1, 0.15) is 69.1 Å². The second-order valence-corrected chi connectivity index (χ2v) is 9.39. The molecule has 0 saturated heterocycles. The topological polar surface area (TPSA) is 101 Å². The fourth-order valence-corrected chi connectivity index (χ4v) is 4.13. The molecule has 0 aliphatic carbocycles. The standard InChI is InChI=1S/C23H34N6O2/c1-7-20(21-25-26-27-29(21)23(4,5)6)28(9-8-10-30)14-18-13-17-11-15(2)16(3)12-19(17)24-22(18)31/h11-13,20,30H,7-10,14H2,1-6H3,(H,24,31)/p+1/t20-/m1/s1. The average Bonchev–Trinajstić information content (AvgIpc) is 3.18. The van der Waals surface area contributed by atoms with Gasteiger partial charge in [-0.3, -0.25) is 4.79 Å². The summed E-state index contributed by atoms with van der Waals surface area (Å²) in [6, 6.07) is 6.16. The maximum Gasteiger partial charge on any atom is 0.257 e. The molecule has 2 atom stereocenters. The summed E-state index contributed by atoms with van der Waals surface area (Å²) in [5, 5.41) is 23.0. The van der Waals surface area contributed by atoms with Crippen LogP contribution in [-0.4, -0.2) is 43.4 Å². The van der Waals surface area contributed by atoms with Gasteiger partial charge in [-0.15, -0.1) is 5.10 Å². The highest BCUT2D eigenvalue weighted by Crippen LogP contribution is 2.20. The van der Waals surface area contributed by atoms with Crippen molar-refractivity contribution in [1.29, 1.82) is 0 Å². The van der Waals surface area contributed by atoms with Crippen molar-refractivity contribution in [3.63, 3.8) is 0 Å². The molecule has 0 spiro atoms. The highest BCUT2D eigenvalue weighted by molar-refractivity contribution is 5.80. The first-order chi connectivity index (χ1) is 14.7. The highest BCUT2D eigenvalue weighted by Gasteiger charge is 2.32. The van der Waals surface area contributed by atoms with E-state index in [4.69, 9.17) is 0 Å². The number of aliphatic hydroxyl groups is 1. The van der Waals surface area contributed by atoms with Gasteiger partial charge in [0.2, 0.25) is 5.82 Å². The van der Waals surface area contributed by atoms with E-state index in [0.29, 0.717) is 13.0 Å². The van der Waals surface area contributed by atoms with Crippen molar-refractivity contribution in [3.8, 4) is 0 Å². The fourth-order valence-electron chi connectivity index (χ4n) is 4.13. The van der Waals surface area contributed by atoms with E-state index in [1.165, 1.54) is 10.5 Å². The number of aromatic amines is 1. The molecule has 2 aromatic heterocycles. The van der Waals surface area contributed by atoms with Crippen LogP contribution in [0.4, 0.5) is 0 Å². The van der Waals surface area contributed by atoms with Crippen LogP contribution < -0.4 is 10.5 Å². The Kier molecular flexibility index (Phi) is 6.91. The second-order valence-electron chi connectivity index (χ2n) is 9.39. The minimum absolute atomic E-state index is 0.00984. The second kappa shape index (κ2) is 9.28. The average molecular weight is 428 g/mol. The molecule has 1 aromatic carbocycles. The third-order valence-corrected chi connectivity index (χ3v) is 5.95. The van der Waals surface area contributed by atoms with Gasteiger partial charge in [-0.1, -0.05) is 6.92 Å². The third kappa shape index (κ3) is 5.02. The first kappa shape index (κ1) is 23.1. The van der Waals surface area contributed by atoms with Gasteiger partial charge in [0.05, 0.1) is 17.6 Å². The van der Waals surface area contributed by atoms with E-state index < -0.39 is 0 Å². The van der Waals surface area contributed by atoms with Gasteiger partial charge >= 0.3 is 0 Å². The van der Waals surface area contributed by atoms with E-state index in [9.17, 15) is 9.90 Å². The Morgan fingerprint density at radius 2 is 1.90 bits per heavy atom. The summed E-state index contributed by atoms with van der Waals surface area (Å²) >= 11 is 0. The summed E-state index contributed by atoms with van der Waals surface area (Å²) in [6.45, 7) is 13.8. The van der Waals surface area contributed by atoms with Crippen LogP contribution in [-0.2, 0) is 12.1 Å². The van der Waals surface area contributed by atoms with Gasteiger partial charge in [0, 0.05) is 25.0 Å². The highest BCUT2D eigenvalue weighted by atomic mass is 16.3. The summed E-state index contributed by atoms with van der Waals surface area (Å²) in [5.41, 5.74) is 3.64. The van der Waals surface area contributed by atoms with E-state index in [1.54, 1.807) is 0 Å². The molecule has 3 N–H and O–H groups in total. The number of nitrogens with one attached hydrogen (secondary N) is 2. The molecule has 0 radical (unpaired) electrons. The molecule has 0 bridgehead atoms. The number of H-pyrrole nitrogens is 1. The summed E-state index contributed by atoms with van der Waals surface area (Å²) in [6.07, 6.45) is 1.47. The Hall–Kier alpha value is -2.58. The summed E-state index contributed by atoms with van der Waals surface area (Å²) < 4.78 is 1.87. The zero-order valence-corrected chi connectivity index (χ0v) is 19.5. The Balaban J connectivity index is 2.01. The summed E-state index contributed by atoms with van der Waals surface area (Å²) in [4.78, 5) is 17.1. The first-order valence-electron chi connectivity index (χ1n) is 11.0. The Labute approximate surface area is 183 Å². The maximum absolute atomic E-state index is 12.9. The predicted molar refractivity (Wildman–Crippen MR) is 121 cm³/mol. The number of rotatable bonds is 8. The third-order valence-electron chi connectivity index (χ3n) is 5.95. The number of aliphatic hydroxyl groups excluding tert-OH is 1.